The Morgan fingerprint density at radius 3 is 2.76 bits per heavy atom. The van der Waals surface area contributed by atoms with Crippen LogP contribution in [0.4, 0.5) is 0 Å². The van der Waals surface area contributed by atoms with Crippen molar-refractivity contribution in [1.29, 1.82) is 0 Å². The van der Waals surface area contributed by atoms with Gasteiger partial charge < -0.3 is 0 Å². The minimum absolute atomic E-state index is 0.499. The summed E-state index contributed by atoms with van der Waals surface area (Å²) >= 11 is 2.23. The van der Waals surface area contributed by atoms with Gasteiger partial charge in [0, 0.05) is 0 Å². The van der Waals surface area contributed by atoms with E-state index in [2.05, 4.69) is 48.9 Å². The number of methoxy groups -OCH3 is 1. The van der Waals surface area contributed by atoms with E-state index < -0.39 is 0 Å². The number of para-hydroxylation sites is 1. The Kier molecular flexibility index (Phi) is 4.15. The molecule has 0 fully saturated rings. The molecule has 0 N–H and O–H groups in total. The Morgan fingerprint density at radius 1 is 1.35 bits per heavy atom. The predicted molar refractivity (Wildman–Crippen MR) is 72.6 cm³/mol. The zero-order chi connectivity index (χ0) is 12.3. The second-order valence-corrected chi connectivity index (χ2v) is 4.76. The van der Waals surface area contributed by atoms with Crippen LogP contribution in [-0.2, 0) is 0 Å². The molecule has 1 aromatic carbocycles. The molecule has 0 saturated carbocycles. The van der Waals surface area contributed by atoms with Gasteiger partial charge in [0.25, 0.3) is 0 Å². The number of hydrogen-bond donors (Lipinski definition) is 0. The van der Waals surface area contributed by atoms with Crippen LogP contribution in [0.15, 0.2) is 46.2 Å². The molecule has 2 heteroatoms. The van der Waals surface area contributed by atoms with Crippen molar-refractivity contribution in [2.75, 3.05) is 7.11 Å². The number of ether oxygens (including phenoxy) is 1. The minimum atomic E-state index is 0.499. The van der Waals surface area contributed by atoms with Crippen molar-refractivity contribution in [3.05, 3.63) is 51.8 Å². The maximum absolute atomic E-state index is 5.42. The van der Waals surface area contributed by atoms with E-state index >= 15 is 0 Å². The third kappa shape index (κ3) is 2.86. The van der Waals surface area contributed by atoms with Crippen molar-refractivity contribution in [2.24, 2.45) is 0 Å². The van der Waals surface area contributed by atoms with Crippen LogP contribution in [0.5, 0.6) is 5.75 Å². The van der Waals surface area contributed by atoms with Crippen molar-refractivity contribution in [2.45, 2.75) is 25.7 Å². The Hall–Kier alpha value is -0.903. The van der Waals surface area contributed by atoms with Crippen LogP contribution in [0.3, 0.4) is 0 Å². The second kappa shape index (κ2) is 5.62. The molecular formula is C15H17LiO. The van der Waals surface area contributed by atoms with Gasteiger partial charge in [-0.25, -0.2) is 0 Å². The molecule has 1 unspecified atom stereocenters. The van der Waals surface area contributed by atoms with E-state index in [1.165, 1.54) is 15.4 Å². The predicted octanol–water partition coefficient (Wildman–Crippen LogP) is 3.57. The average molecular weight is 220 g/mol. The van der Waals surface area contributed by atoms with Crippen LogP contribution in [0, 0.1) is 0 Å². The summed E-state index contributed by atoms with van der Waals surface area (Å²) in [5.41, 5.74) is 2.79. The van der Waals surface area contributed by atoms with Crippen LogP contribution in [-0.4, -0.2) is 24.8 Å². The third-order valence-corrected chi connectivity index (χ3v) is 3.49. The molecule has 84 valence electrons. The van der Waals surface area contributed by atoms with Crippen molar-refractivity contribution in [1.82, 2.24) is 0 Å². The van der Waals surface area contributed by atoms with E-state index in [0.717, 1.165) is 18.6 Å². The van der Waals surface area contributed by atoms with Crippen LogP contribution < -0.4 is 4.74 Å². The Labute approximate surface area is 113 Å². The van der Waals surface area contributed by atoms with E-state index in [4.69, 9.17) is 4.74 Å². The molecule has 0 amide bonds. The molecule has 1 aliphatic carbocycles. The number of hydrogen-bond acceptors (Lipinski definition) is 1. The number of rotatable bonds is 4. The maximum atomic E-state index is 5.42. The van der Waals surface area contributed by atoms with Crippen molar-refractivity contribution in [3.63, 3.8) is 0 Å². The molecule has 1 nitrogen and oxygen atoms in total. The average Bonchev–Trinajstić information content (AvgIpc) is 2.75. The Bertz CT molecular complexity index is 460. The summed E-state index contributed by atoms with van der Waals surface area (Å²) in [5, 5.41) is 0. The summed E-state index contributed by atoms with van der Waals surface area (Å²) in [6, 6.07) is 8.31. The quantitative estimate of drug-likeness (QED) is 0.705. The summed E-state index contributed by atoms with van der Waals surface area (Å²) in [6.07, 6.45) is 6.73. The second-order valence-electron chi connectivity index (χ2n) is 4.76. The number of allylic oxidation sites excluding steroid dienone is 4. The first kappa shape index (κ1) is 12.6. The van der Waals surface area contributed by atoms with Gasteiger partial charge in [0.1, 0.15) is 0 Å². The van der Waals surface area contributed by atoms with Crippen LogP contribution in [0.2, 0.25) is 0 Å². The summed E-state index contributed by atoms with van der Waals surface area (Å²) in [7, 11) is 1.74. The van der Waals surface area contributed by atoms with Gasteiger partial charge in [-0.15, -0.1) is 0 Å². The van der Waals surface area contributed by atoms with E-state index in [1.54, 1.807) is 7.11 Å². The summed E-state index contributed by atoms with van der Waals surface area (Å²) < 4.78 is 6.93. The fraction of sp³-hybridized carbons (Fsp3) is 0.333. The van der Waals surface area contributed by atoms with Crippen molar-refractivity contribution < 1.29 is 4.74 Å². The normalized spacial score (nSPS) is 16.5. The van der Waals surface area contributed by atoms with Crippen LogP contribution in [0.25, 0.3) is 0 Å². The topological polar surface area (TPSA) is 9.23 Å². The molecule has 0 bridgehead atoms. The zero-order valence-corrected chi connectivity index (χ0v) is 10.9. The van der Waals surface area contributed by atoms with Gasteiger partial charge in [-0.05, 0) is 0 Å². The molecule has 0 saturated heterocycles. The molecule has 0 spiro atoms. The molecular weight excluding hydrogens is 203 g/mol. The summed E-state index contributed by atoms with van der Waals surface area (Å²) in [5.74, 6) is 1.50. The Balaban J connectivity index is 2.17. The van der Waals surface area contributed by atoms with Crippen molar-refractivity contribution in [3.8, 4) is 5.75 Å². The molecule has 0 radical (unpaired) electrons. The molecule has 2 rings (SSSR count). The van der Waals surface area contributed by atoms with Gasteiger partial charge in [-0.3, -0.25) is 0 Å². The fourth-order valence-corrected chi connectivity index (χ4v) is 2.41. The van der Waals surface area contributed by atoms with Gasteiger partial charge >= 0.3 is 113 Å². The first-order chi connectivity index (χ1) is 8.22. The molecule has 0 heterocycles. The molecule has 1 aromatic rings. The SMILES string of the molecule is [Li][C]1=C(CC(C)c2ccccc2OC)C=CC1. The molecule has 17 heavy (non-hydrogen) atoms. The van der Waals surface area contributed by atoms with E-state index in [1.807, 2.05) is 12.1 Å². The van der Waals surface area contributed by atoms with Gasteiger partial charge in [0.05, 0.1) is 0 Å². The van der Waals surface area contributed by atoms with Gasteiger partial charge in [0.15, 0.2) is 0 Å². The van der Waals surface area contributed by atoms with Crippen LogP contribution >= 0.6 is 0 Å². The van der Waals surface area contributed by atoms with Gasteiger partial charge in [-0.1, -0.05) is 0 Å². The molecule has 1 atom stereocenters. The molecule has 1 aliphatic rings. The third-order valence-electron chi connectivity index (χ3n) is 3.49. The van der Waals surface area contributed by atoms with E-state index in [-0.39, 0.29) is 0 Å². The zero-order valence-electron chi connectivity index (χ0n) is 10.9. The monoisotopic (exact) mass is 220 g/mol. The van der Waals surface area contributed by atoms with E-state index in [9.17, 15) is 0 Å². The fourth-order valence-electron chi connectivity index (χ4n) is 2.41. The number of benzene rings is 1. The van der Waals surface area contributed by atoms with Crippen molar-refractivity contribution >= 4 is 17.7 Å². The first-order valence-electron chi connectivity index (χ1n) is 6.20. The Morgan fingerprint density at radius 2 is 2.12 bits per heavy atom. The first-order valence-corrected chi connectivity index (χ1v) is 6.20. The molecule has 0 aliphatic heterocycles. The van der Waals surface area contributed by atoms with Gasteiger partial charge in [0.2, 0.25) is 0 Å². The summed E-state index contributed by atoms with van der Waals surface area (Å²) in [6.45, 7) is 2.27. The van der Waals surface area contributed by atoms with Crippen LogP contribution in [0.1, 0.15) is 31.2 Å². The standard InChI is InChI=1S/C15H17O.Li/c1-12(11-13-7-3-4-8-13)14-9-5-6-10-15(14)16-2;/h3,5-7,9-10,12H,4,11H2,1-2H3;. The summed E-state index contributed by atoms with van der Waals surface area (Å²) in [4.78, 5) is 0. The van der Waals surface area contributed by atoms with Gasteiger partial charge in [-0.2, -0.15) is 0 Å². The van der Waals surface area contributed by atoms with E-state index in [0.29, 0.717) is 5.92 Å². The molecule has 0 aromatic heterocycles.